The number of benzene rings is 1. The van der Waals surface area contributed by atoms with Crippen LogP contribution in [0.25, 0.3) is 0 Å². The molecule has 1 fully saturated rings. The third kappa shape index (κ3) is 5.00. The van der Waals surface area contributed by atoms with Crippen molar-refractivity contribution in [2.24, 2.45) is 0 Å². The van der Waals surface area contributed by atoms with E-state index in [1.807, 2.05) is 11.0 Å². The van der Waals surface area contributed by atoms with Gasteiger partial charge >= 0.3 is 0 Å². The van der Waals surface area contributed by atoms with E-state index in [0.29, 0.717) is 33.5 Å². The highest BCUT2D eigenvalue weighted by Crippen LogP contribution is 2.29. The zero-order chi connectivity index (χ0) is 22.5. The molecule has 32 heavy (non-hydrogen) atoms. The number of para-hydroxylation sites is 1. The van der Waals surface area contributed by atoms with Crippen LogP contribution in [-0.4, -0.2) is 51.6 Å². The third-order valence-corrected chi connectivity index (χ3v) is 5.49. The molecule has 0 aliphatic carbocycles. The van der Waals surface area contributed by atoms with Crippen LogP contribution < -0.4 is 16.0 Å². The quantitative estimate of drug-likeness (QED) is 0.506. The van der Waals surface area contributed by atoms with E-state index < -0.39 is 0 Å². The minimum absolute atomic E-state index is 0.0723. The summed E-state index contributed by atoms with van der Waals surface area (Å²) >= 11 is 6.33. The molecule has 0 unspecified atom stereocenters. The molecule has 1 aliphatic rings. The van der Waals surface area contributed by atoms with Crippen molar-refractivity contribution >= 4 is 46.3 Å². The van der Waals surface area contributed by atoms with E-state index in [1.165, 1.54) is 6.20 Å². The second kappa shape index (κ2) is 9.69. The molecular weight excluding hydrogens is 430 g/mol. The lowest BCUT2D eigenvalue weighted by Crippen LogP contribution is -2.31. The van der Waals surface area contributed by atoms with Crippen LogP contribution in [0, 0.1) is 0 Å². The van der Waals surface area contributed by atoms with Gasteiger partial charge in [0.05, 0.1) is 40.0 Å². The zero-order valence-corrected chi connectivity index (χ0v) is 18.4. The molecule has 3 N–H and O–H groups in total. The van der Waals surface area contributed by atoms with Crippen LogP contribution in [-0.2, 0) is 11.3 Å². The summed E-state index contributed by atoms with van der Waals surface area (Å²) in [6, 6.07) is 8.91. The number of likely N-dealkylation sites (tertiary alicyclic amines) is 1. The van der Waals surface area contributed by atoms with Crippen molar-refractivity contribution in [1.29, 1.82) is 0 Å². The highest BCUT2D eigenvalue weighted by atomic mass is 35.5. The van der Waals surface area contributed by atoms with E-state index in [0.717, 1.165) is 25.9 Å². The summed E-state index contributed by atoms with van der Waals surface area (Å²) in [5, 5.41) is 13.7. The SMILES string of the molecule is CNC(=O)c1ccccc1Nc1cc(Nc2cnn(CC(=O)N3CCCC3)c2)ncc1Cl. The Morgan fingerprint density at radius 2 is 1.88 bits per heavy atom. The Morgan fingerprint density at radius 3 is 2.66 bits per heavy atom. The summed E-state index contributed by atoms with van der Waals surface area (Å²) < 4.78 is 1.61. The number of hydrogen-bond donors (Lipinski definition) is 3. The lowest BCUT2D eigenvalue weighted by molar-refractivity contribution is -0.130. The molecule has 1 aromatic carbocycles. The molecule has 0 saturated carbocycles. The van der Waals surface area contributed by atoms with Gasteiger partial charge in [-0.2, -0.15) is 5.10 Å². The summed E-state index contributed by atoms with van der Waals surface area (Å²) in [6.45, 7) is 1.84. The molecular formula is C22H24ClN7O2. The number of hydrogen-bond acceptors (Lipinski definition) is 6. The Hall–Kier alpha value is -3.59. The maximum absolute atomic E-state index is 12.3. The minimum atomic E-state index is -0.201. The van der Waals surface area contributed by atoms with Crippen LogP contribution in [0.3, 0.4) is 0 Å². The van der Waals surface area contributed by atoms with E-state index >= 15 is 0 Å². The zero-order valence-electron chi connectivity index (χ0n) is 17.6. The smallest absolute Gasteiger partial charge is 0.253 e. The number of carbonyl (C=O) groups excluding carboxylic acids is 2. The summed E-state index contributed by atoms with van der Waals surface area (Å²) in [5.41, 5.74) is 2.42. The first-order valence-corrected chi connectivity index (χ1v) is 10.7. The molecule has 3 aromatic rings. The van der Waals surface area contributed by atoms with E-state index in [1.54, 1.807) is 48.4 Å². The Balaban J connectivity index is 1.46. The van der Waals surface area contributed by atoms with Crippen LogP contribution in [0.5, 0.6) is 0 Å². The first-order valence-electron chi connectivity index (χ1n) is 10.3. The maximum Gasteiger partial charge on any atom is 0.253 e. The Bertz CT molecular complexity index is 1120. The van der Waals surface area contributed by atoms with Crippen LogP contribution in [0.1, 0.15) is 23.2 Å². The lowest BCUT2D eigenvalue weighted by atomic mass is 10.1. The molecule has 0 bridgehead atoms. The highest BCUT2D eigenvalue weighted by Gasteiger charge is 2.18. The molecule has 166 valence electrons. The number of anilines is 4. The second-order valence-corrected chi connectivity index (χ2v) is 7.85. The lowest BCUT2D eigenvalue weighted by Gasteiger charge is -2.14. The van der Waals surface area contributed by atoms with Crippen LogP contribution in [0.15, 0.2) is 48.9 Å². The average Bonchev–Trinajstić information content (AvgIpc) is 3.48. The van der Waals surface area contributed by atoms with E-state index in [-0.39, 0.29) is 18.4 Å². The molecule has 1 aliphatic heterocycles. The van der Waals surface area contributed by atoms with Crippen LogP contribution in [0.4, 0.5) is 22.9 Å². The Labute approximate surface area is 190 Å². The molecule has 0 atom stereocenters. The first kappa shape index (κ1) is 21.6. The molecule has 9 nitrogen and oxygen atoms in total. The fourth-order valence-electron chi connectivity index (χ4n) is 3.54. The number of pyridine rings is 1. The molecule has 0 spiro atoms. The summed E-state index contributed by atoms with van der Waals surface area (Å²) in [6.07, 6.45) is 7.05. The second-order valence-electron chi connectivity index (χ2n) is 7.44. The van der Waals surface area contributed by atoms with E-state index in [9.17, 15) is 9.59 Å². The molecule has 0 radical (unpaired) electrons. The molecule has 1 saturated heterocycles. The van der Waals surface area contributed by atoms with Gasteiger partial charge in [0, 0.05) is 32.4 Å². The van der Waals surface area contributed by atoms with Gasteiger partial charge in [-0.05, 0) is 25.0 Å². The van der Waals surface area contributed by atoms with Crippen molar-refractivity contribution in [2.45, 2.75) is 19.4 Å². The number of rotatable bonds is 7. The van der Waals surface area contributed by atoms with Crippen molar-refractivity contribution in [3.8, 4) is 0 Å². The monoisotopic (exact) mass is 453 g/mol. The van der Waals surface area contributed by atoms with E-state index in [4.69, 9.17) is 11.6 Å². The molecule has 2 aromatic heterocycles. The van der Waals surface area contributed by atoms with Gasteiger partial charge in [0.15, 0.2) is 0 Å². The van der Waals surface area contributed by atoms with Crippen molar-refractivity contribution in [2.75, 3.05) is 30.8 Å². The predicted octanol–water partition coefficient (Wildman–Crippen LogP) is 3.40. The van der Waals surface area contributed by atoms with Gasteiger partial charge in [0.1, 0.15) is 12.4 Å². The maximum atomic E-state index is 12.3. The third-order valence-electron chi connectivity index (χ3n) is 5.19. The average molecular weight is 454 g/mol. The number of amides is 2. The first-order chi connectivity index (χ1) is 15.5. The number of nitrogens with one attached hydrogen (secondary N) is 3. The summed E-state index contributed by atoms with van der Waals surface area (Å²) in [5.74, 6) is 0.412. The van der Waals surface area contributed by atoms with Crippen molar-refractivity contribution in [1.82, 2.24) is 25.0 Å². The Morgan fingerprint density at radius 1 is 1.09 bits per heavy atom. The largest absolute Gasteiger partial charge is 0.355 e. The number of carbonyl (C=O) groups is 2. The Kier molecular flexibility index (Phi) is 6.55. The van der Waals surface area contributed by atoms with Crippen LogP contribution in [0.2, 0.25) is 5.02 Å². The van der Waals surface area contributed by atoms with Gasteiger partial charge in [0.2, 0.25) is 5.91 Å². The fraction of sp³-hybridized carbons (Fsp3) is 0.273. The molecule has 2 amide bonds. The molecule has 3 heterocycles. The minimum Gasteiger partial charge on any atom is -0.355 e. The number of halogens is 1. The normalized spacial score (nSPS) is 13.1. The van der Waals surface area contributed by atoms with Gasteiger partial charge < -0.3 is 20.9 Å². The van der Waals surface area contributed by atoms with Crippen LogP contribution >= 0.6 is 11.6 Å². The topological polar surface area (TPSA) is 104 Å². The highest BCUT2D eigenvalue weighted by molar-refractivity contribution is 6.33. The predicted molar refractivity (Wildman–Crippen MR) is 124 cm³/mol. The molecule has 10 heteroatoms. The van der Waals surface area contributed by atoms with Gasteiger partial charge in [0.25, 0.3) is 5.91 Å². The standard InChI is InChI=1S/C22H24ClN7O2/c1-24-22(32)16-6-2-3-7-18(16)28-19-10-20(25-12-17(19)23)27-15-11-26-30(13-15)14-21(31)29-8-4-5-9-29/h2-3,6-7,10-13H,4-5,8-9,14H2,1H3,(H,24,32)(H2,25,27,28). The molecule has 4 rings (SSSR count). The van der Waals surface area contributed by atoms with Crippen molar-refractivity contribution < 1.29 is 9.59 Å². The van der Waals surface area contributed by atoms with Crippen molar-refractivity contribution in [3.05, 3.63) is 59.5 Å². The summed E-state index contributed by atoms with van der Waals surface area (Å²) in [7, 11) is 1.58. The fourth-order valence-corrected chi connectivity index (χ4v) is 3.69. The van der Waals surface area contributed by atoms with Gasteiger partial charge in [-0.1, -0.05) is 23.7 Å². The van der Waals surface area contributed by atoms with Gasteiger partial charge in [-0.3, -0.25) is 14.3 Å². The van der Waals surface area contributed by atoms with Gasteiger partial charge in [-0.25, -0.2) is 4.98 Å². The summed E-state index contributed by atoms with van der Waals surface area (Å²) in [4.78, 5) is 30.6. The van der Waals surface area contributed by atoms with Gasteiger partial charge in [-0.15, -0.1) is 0 Å². The van der Waals surface area contributed by atoms with E-state index in [2.05, 4.69) is 26.0 Å². The van der Waals surface area contributed by atoms with Crippen molar-refractivity contribution in [3.63, 3.8) is 0 Å². The number of aromatic nitrogens is 3. The number of nitrogens with zero attached hydrogens (tertiary/aromatic N) is 4.